The van der Waals surface area contributed by atoms with Gasteiger partial charge in [-0.2, -0.15) is 13.2 Å². The van der Waals surface area contributed by atoms with Gasteiger partial charge in [-0.15, -0.1) is 0 Å². The molecular formula is C10H10F3N. The molecule has 0 spiro atoms. The molecule has 0 saturated heterocycles. The zero-order valence-electron chi connectivity index (χ0n) is 7.65. The Morgan fingerprint density at radius 1 is 1.36 bits per heavy atom. The number of halogens is 3. The van der Waals surface area contributed by atoms with Crippen LogP contribution in [0.2, 0.25) is 0 Å². The molecule has 1 aromatic carbocycles. The number of rotatable bonds is 0. The first-order valence-electron chi connectivity index (χ1n) is 4.30. The minimum Gasteiger partial charge on any atom is -0.321 e. The SMILES string of the molecule is CC1(N)Cc2ccc(C(F)(F)F)cc21. The molecule has 0 amide bonds. The van der Waals surface area contributed by atoms with Gasteiger partial charge < -0.3 is 5.73 Å². The van der Waals surface area contributed by atoms with Gasteiger partial charge in [-0.3, -0.25) is 0 Å². The van der Waals surface area contributed by atoms with Crippen molar-refractivity contribution in [3.8, 4) is 0 Å². The van der Waals surface area contributed by atoms with Gasteiger partial charge in [0.15, 0.2) is 0 Å². The first-order chi connectivity index (χ1) is 6.31. The van der Waals surface area contributed by atoms with Gasteiger partial charge in [0, 0.05) is 5.54 Å². The summed E-state index contributed by atoms with van der Waals surface area (Å²) in [5, 5.41) is 0. The van der Waals surface area contributed by atoms with Gasteiger partial charge in [-0.1, -0.05) is 6.07 Å². The second-order valence-corrected chi connectivity index (χ2v) is 3.96. The molecule has 1 atom stereocenters. The van der Waals surface area contributed by atoms with Crippen LogP contribution in [0.15, 0.2) is 18.2 Å². The number of alkyl halides is 3. The van der Waals surface area contributed by atoms with E-state index >= 15 is 0 Å². The van der Waals surface area contributed by atoms with Gasteiger partial charge in [-0.05, 0) is 36.6 Å². The highest BCUT2D eigenvalue weighted by molar-refractivity contribution is 5.46. The molecule has 1 unspecified atom stereocenters. The van der Waals surface area contributed by atoms with Gasteiger partial charge in [0.25, 0.3) is 0 Å². The van der Waals surface area contributed by atoms with Crippen molar-refractivity contribution in [3.05, 3.63) is 34.9 Å². The van der Waals surface area contributed by atoms with E-state index in [1.54, 1.807) is 6.92 Å². The summed E-state index contributed by atoms with van der Waals surface area (Å²) in [5.74, 6) is 0. The summed E-state index contributed by atoms with van der Waals surface area (Å²) in [7, 11) is 0. The molecular weight excluding hydrogens is 191 g/mol. The van der Waals surface area contributed by atoms with Crippen LogP contribution < -0.4 is 5.73 Å². The molecule has 1 aromatic rings. The molecule has 0 radical (unpaired) electrons. The molecule has 0 fully saturated rings. The Bertz CT molecular complexity index is 379. The second kappa shape index (κ2) is 2.51. The van der Waals surface area contributed by atoms with E-state index in [1.165, 1.54) is 6.07 Å². The summed E-state index contributed by atoms with van der Waals surface area (Å²) in [6, 6.07) is 3.76. The molecule has 76 valence electrons. The lowest BCUT2D eigenvalue weighted by molar-refractivity contribution is -0.137. The van der Waals surface area contributed by atoms with E-state index in [1.807, 2.05) is 0 Å². The highest BCUT2D eigenvalue weighted by Gasteiger charge is 2.38. The van der Waals surface area contributed by atoms with Gasteiger partial charge >= 0.3 is 6.18 Å². The third-order valence-electron chi connectivity index (χ3n) is 2.61. The van der Waals surface area contributed by atoms with Crippen molar-refractivity contribution in [2.24, 2.45) is 5.73 Å². The molecule has 14 heavy (non-hydrogen) atoms. The fourth-order valence-corrected chi connectivity index (χ4v) is 1.82. The smallest absolute Gasteiger partial charge is 0.321 e. The lowest BCUT2D eigenvalue weighted by Gasteiger charge is -2.38. The van der Waals surface area contributed by atoms with E-state index in [9.17, 15) is 13.2 Å². The maximum Gasteiger partial charge on any atom is 0.416 e. The molecule has 0 saturated carbocycles. The summed E-state index contributed by atoms with van der Waals surface area (Å²) >= 11 is 0. The summed E-state index contributed by atoms with van der Waals surface area (Å²) < 4.78 is 37.0. The van der Waals surface area contributed by atoms with E-state index in [-0.39, 0.29) is 0 Å². The van der Waals surface area contributed by atoms with Crippen molar-refractivity contribution >= 4 is 0 Å². The fraction of sp³-hybridized carbons (Fsp3) is 0.400. The van der Waals surface area contributed by atoms with Crippen LogP contribution >= 0.6 is 0 Å². The maximum absolute atomic E-state index is 12.3. The van der Waals surface area contributed by atoms with Crippen molar-refractivity contribution in [3.63, 3.8) is 0 Å². The zero-order valence-corrected chi connectivity index (χ0v) is 7.65. The summed E-state index contributed by atoms with van der Waals surface area (Å²) in [4.78, 5) is 0. The summed E-state index contributed by atoms with van der Waals surface area (Å²) in [5.41, 5.74) is 6.11. The standard InChI is InChI=1S/C10H10F3N/c1-9(14)5-6-2-3-7(4-8(6)9)10(11,12)13/h2-4H,5,14H2,1H3. The van der Waals surface area contributed by atoms with Crippen LogP contribution in [0.25, 0.3) is 0 Å². The topological polar surface area (TPSA) is 26.0 Å². The third-order valence-corrected chi connectivity index (χ3v) is 2.61. The zero-order chi connectivity index (χ0) is 10.6. The second-order valence-electron chi connectivity index (χ2n) is 3.96. The van der Waals surface area contributed by atoms with Crippen molar-refractivity contribution in [2.45, 2.75) is 25.1 Å². The number of benzene rings is 1. The molecule has 0 heterocycles. The fourth-order valence-electron chi connectivity index (χ4n) is 1.82. The molecule has 2 N–H and O–H groups in total. The Hall–Kier alpha value is -1.03. The van der Waals surface area contributed by atoms with E-state index in [4.69, 9.17) is 5.73 Å². The lowest BCUT2D eigenvalue weighted by atomic mass is 9.72. The van der Waals surface area contributed by atoms with Gasteiger partial charge in [0.1, 0.15) is 0 Å². The quantitative estimate of drug-likeness (QED) is 0.685. The summed E-state index contributed by atoms with van der Waals surface area (Å²) in [6.45, 7) is 1.75. The number of fused-ring (bicyclic) bond motifs is 1. The molecule has 0 bridgehead atoms. The predicted molar refractivity (Wildman–Crippen MR) is 46.7 cm³/mol. The number of hydrogen-bond donors (Lipinski definition) is 1. The molecule has 4 heteroatoms. The average molecular weight is 201 g/mol. The molecule has 0 aliphatic heterocycles. The van der Waals surface area contributed by atoms with E-state index in [0.29, 0.717) is 12.0 Å². The van der Waals surface area contributed by atoms with Gasteiger partial charge in [0.2, 0.25) is 0 Å². The molecule has 1 aliphatic carbocycles. The Morgan fingerprint density at radius 3 is 2.50 bits per heavy atom. The first kappa shape index (κ1) is 9.52. The molecule has 2 rings (SSSR count). The minimum absolute atomic E-state index is 0.587. The van der Waals surface area contributed by atoms with Crippen molar-refractivity contribution < 1.29 is 13.2 Å². The van der Waals surface area contributed by atoms with Crippen LogP contribution in [0.3, 0.4) is 0 Å². The average Bonchev–Trinajstić information content (AvgIpc) is 2.00. The van der Waals surface area contributed by atoms with Crippen LogP contribution in [0.5, 0.6) is 0 Å². The molecule has 0 aromatic heterocycles. The highest BCUT2D eigenvalue weighted by atomic mass is 19.4. The van der Waals surface area contributed by atoms with Gasteiger partial charge in [-0.25, -0.2) is 0 Å². The van der Waals surface area contributed by atoms with E-state index < -0.39 is 17.3 Å². The molecule has 1 nitrogen and oxygen atoms in total. The van der Waals surface area contributed by atoms with Crippen LogP contribution in [0, 0.1) is 0 Å². The highest BCUT2D eigenvalue weighted by Crippen LogP contribution is 2.40. The minimum atomic E-state index is -4.28. The Labute approximate surface area is 79.7 Å². The normalized spacial score (nSPS) is 25.5. The molecule has 1 aliphatic rings. The predicted octanol–water partition coefficient (Wildman–Crippen LogP) is 2.44. The Balaban J connectivity index is 2.46. The number of hydrogen-bond acceptors (Lipinski definition) is 1. The van der Waals surface area contributed by atoms with Crippen LogP contribution in [0.1, 0.15) is 23.6 Å². The Morgan fingerprint density at radius 2 is 2.00 bits per heavy atom. The van der Waals surface area contributed by atoms with Crippen molar-refractivity contribution in [1.82, 2.24) is 0 Å². The lowest BCUT2D eigenvalue weighted by Crippen LogP contribution is -2.44. The van der Waals surface area contributed by atoms with Gasteiger partial charge in [0.05, 0.1) is 5.56 Å². The third kappa shape index (κ3) is 1.30. The largest absolute Gasteiger partial charge is 0.416 e. The van der Waals surface area contributed by atoms with E-state index in [0.717, 1.165) is 17.7 Å². The van der Waals surface area contributed by atoms with Crippen LogP contribution in [-0.2, 0) is 18.1 Å². The Kier molecular flexibility index (Phi) is 1.71. The van der Waals surface area contributed by atoms with Crippen molar-refractivity contribution in [1.29, 1.82) is 0 Å². The van der Waals surface area contributed by atoms with Crippen LogP contribution in [0.4, 0.5) is 13.2 Å². The van der Waals surface area contributed by atoms with E-state index in [2.05, 4.69) is 0 Å². The first-order valence-corrected chi connectivity index (χ1v) is 4.30. The maximum atomic E-state index is 12.3. The van der Waals surface area contributed by atoms with Crippen molar-refractivity contribution in [2.75, 3.05) is 0 Å². The summed E-state index contributed by atoms with van der Waals surface area (Å²) in [6.07, 6.45) is -3.62. The van der Waals surface area contributed by atoms with Crippen LogP contribution in [-0.4, -0.2) is 0 Å². The number of nitrogens with two attached hydrogens (primary N) is 1. The monoisotopic (exact) mass is 201 g/mol.